The molecule has 0 bridgehead atoms. The molecule has 0 aromatic heterocycles. The van der Waals surface area contributed by atoms with E-state index in [1.807, 2.05) is 0 Å². The van der Waals surface area contributed by atoms with Crippen molar-refractivity contribution in [3.63, 3.8) is 0 Å². The molecule has 0 aromatic carbocycles. The van der Waals surface area contributed by atoms with Crippen molar-refractivity contribution in [2.45, 2.75) is 58.4 Å². The molecule has 2 atom stereocenters. The number of hydrazine groups is 1. The average Bonchev–Trinajstić information content (AvgIpc) is 2.74. The molecule has 140 valence electrons. The SMILES string of the molecule is CC1CCC2(CC1)NC(=O)N(NC(=O)C[NH+]1C[C@H](C)C[C@@H](C)C1)C2=O. The Labute approximate surface area is 149 Å². The van der Waals surface area contributed by atoms with Crippen LogP contribution in [0.4, 0.5) is 4.79 Å². The molecule has 2 saturated heterocycles. The molecule has 0 unspecified atom stereocenters. The van der Waals surface area contributed by atoms with Gasteiger partial charge in [0.1, 0.15) is 5.54 Å². The van der Waals surface area contributed by atoms with E-state index in [0.717, 1.165) is 30.9 Å². The topological polar surface area (TPSA) is 83.0 Å². The summed E-state index contributed by atoms with van der Waals surface area (Å²) < 4.78 is 0. The molecule has 3 N–H and O–H groups in total. The minimum absolute atomic E-state index is 0.263. The molecule has 3 fully saturated rings. The molecule has 3 rings (SSSR count). The number of carbonyl (C=O) groups is 3. The number of piperidine rings is 1. The maximum Gasteiger partial charge on any atom is 0.344 e. The summed E-state index contributed by atoms with van der Waals surface area (Å²) in [6, 6.07) is -0.497. The Morgan fingerprint density at radius 3 is 2.36 bits per heavy atom. The van der Waals surface area contributed by atoms with Gasteiger partial charge in [-0.1, -0.05) is 20.8 Å². The highest BCUT2D eigenvalue weighted by Crippen LogP contribution is 2.35. The summed E-state index contributed by atoms with van der Waals surface area (Å²) >= 11 is 0. The van der Waals surface area contributed by atoms with Crippen LogP contribution in [0.1, 0.15) is 52.9 Å². The fourth-order valence-electron chi connectivity index (χ4n) is 4.77. The number of hydrogen-bond donors (Lipinski definition) is 3. The number of quaternary nitrogens is 1. The Hall–Kier alpha value is -1.63. The summed E-state index contributed by atoms with van der Waals surface area (Å²) in [5, 5.41) is 3.74. The third kappa shape index (κ3) is 3.81. The predicted octanol–water partition coefficient (Wildman–Crippen LogP) is 0.0791. The van der Waals surface area contributed by atoms with E-state index >= 15 is 0 Å². The van der Waals surface area contributed by atoms with Gasteiger partial charge in [0.25, 0.3) is 11.8 Å². The monoisotopic (exact) mass is 351 g/mol. The molecule has 0 aromatic rings. The highest BCUT2D eigenvalue weighted by Gasteiger charge is 2.53. The lowest BCUT2D eigenvalue weighted by atomic mass is 9.77. The fraction of sp³-hybridized carbons (Fsp3) is 0.833. The van der Waals surface area contributed by atoms with Crippen LogP contribution < -0.4 is 15.6 Å². The lowest BCUT2D eigenvalue weighted by molar-refractivity contribution is -0.904. The van der Waals surface area contributed by atoms with Crippen LogP contribution in [0.2, 0.25) is 0 Å². The molecule has 1 aliphatic carbocycles. The Morgan fingerprint density at radius 1 is 1.16 bits per heavy atom. The third-order valence-electron chi connectivity index (χ3n) is 6.02. The number of nitrogens with zero attached hydrogens (tertiary/aromatic N) is 1. The summed E-state index contributed by atoms with van der Waals surface area (Å²) in [4.78, 5) is 38.6. The van der Waals surface area contributed by atoms with Crippen molar-refractivity contribution < 1.29 is 19.3 Å². The summed E-state index contributed by atoms with van der Waals surface area (Å²) in [7, 11) is 0. The Kier molecular flexibility index (Phi) is 5.04. The summed E-state index contributed by atoms with van der Waals surface area (Å²) in [6.45, 7) is 8.80. The van der Waals surface area contributed by atoms with Crippen LogP contribution in [0.15, 0.2) is 0 Å². The molecule has 1 spiro atoms. The van der Waals surface area contributed by atoms with Crippen LogP contribution in [0, 0.1) is 17.8 Å². The zero-order chi connectivity index (χ0) is 18.2. The van der Waals surface area contributed by atoms with Gasteiger partial charge < -0.3 is 10.2 Å². The first-order valence-electron chi connectivity index (χ1n) is 9.59. The van der Waals surface area contributed by atoms with Crippen molar-refractivity contribution in [3.8, 4) is 0 Å². The van der Waals surface area contributed by atoms with Crippen molar-refractivity contribution >= 4 is 17.8 Å². The van der Waals surface area contributed by atoms with Gasteiger partial charge in [0.05, 0.1) is 13.1 Å². The Morgan fingerprint density at radius 2 is 1.76 bits per heavy atom. The molecule has 4 amide bonds. The van der Waals surface area contributed by atoms with Crippen LogP contribution in [-0.2, 0) is 9.59 Å². The van der Waals surface area contributed by atoms with E-state index in [1.54, 1.807) is 0 Å². The van der Waals surface area contributed by atoms with E-state index in [9.17, 15) is 14.4 Å². The highest BCUT2D eigenvalue weighted by atomic mass is 16.2. The van der Waals surface area contributed by atoms with Crippen LogP contribution in [-0.4, -0.2) is 48.0 Å². The molecular formula is C18H31N4O3+. The number of carbonyl (C=O) groups excluding carboxylic acids is 3. The Balaban J connectivity index is 1.58. The minimum atomic E-state index is -0.808. The van der Waals surface area contributed by atoms with Crippen molar-refractivity contribution in [3.05, 3.63) is 0 Å². The van der Waals surface area contributed by atoms with Gasteiger partial charge in [0.15, 0.2) is 6.54 Å². The summed E-state index contributed by atoms with van der Waals surface area (Å²) in [6.07, 6.45) is 4.33. The maximum atomic E-state index is 12.8. The number of likely N-dealkylation sites (tertiary alicyclic amines) is 1. The van der Waals surface area contributed by atoms with Crippen LogP contribution in [0.3, 0.4) is 0 Å². The van der Waals surface area contributed by atoms with Crippen molar-refractivity contribution in [1.29, 1.82) is 0 Å². The van der Waals surface area contributed by atoms with E-state index in [4.69, 9.17) is 0 Å². The lowest BCUT2D eigenvalue weighted by Gasteiger charge is -2.33. The second-order valence-electron chi connectivity index (χ2n) is 8.65. The Bertz CT molecular complexity index is 547. The van der Waals surface area contributed by atoms with Gasteiger partial charge in [-0.25, -0.2) is 4.79 Å². The van der Waals surface area contributed by atoms with E-state index in [0.29, 0.717) is 37.1 Å². The first-order valence-corrected chi connectivity index (χ1v) is 9.59. The summed E-state index contributed by atoms with van der Waals surface area (Å²) in [5.74, 6) is 1.20. The quantitative estimate of drug-likeness (QED) is 0.630. The number of urea groups is 1. The smallest absolute Gasteiger partial charge is 0.327 e. The zero-order valence-electron chi connectivity index (χ0n) is 15.6. The first kappa shape index (κ1) is 18.2. The largest absolute Gasteiger partial charge is 0.344 e. The zero-order valence-corrected chi connectivity index (χ0v) is 15.6. The first-order chi connectivity index (χ1) is 11.8. The van der Waals surface area contributed by atoms with Gasteiger partial charge in [-0.3, -0.25) is 15.0 Å². The molecule has 1 saturated carbocycles. The number of nitrogens with one attached hydrogen (secondary N) is 3. The van der Waals surface area contributed by atoms with Gasteiger partial charge in [-0.15, -0.1) is 0 Å². The molecule has 0 radical (unpaired) electrons. The van der Waals surface area contributed by atoms with Crippen LogP contribution in [0.5, 0.6) is 0 Å². The second-order valence-corrected chi connectivity index (χ2v) is 8.65. The standard InChI is InChI=1S/C18H30N4O3/c1-12-4-6-18(7-5-12)16(24)22(17(25)19-18)20-15(23)11-21-9-13(2)8-14(3)10-21/h12-14H,4-11H2,1-3H3,(H,19,25)(H,20,23)/p+1/t12?,13-,14-,18?/m1/s1. The highest BCUT2D eigenvalue weighted by molar-refractivity contribution is 6.08. The van der Waals surface area contributed by atoms with Gasteiger partial charge in [-0.05, 0) is 38.0 Å². The van der Waals surface area contributed by atoms with Gasteiger partial charge in [0, 0.05) is 11.8 Å². The van der Waals surface area contributed by atoms with Gasteiger partial charge in [-0.2, -0.15) is 5.01 Å². The molecule has 3 aliphatic rings. The second kappa shape index (κ2) is 6.94. The van der Waals surface area contributed by atoms with Gasteiger partial charge >= 0.3 is 6.03 Å². The number of imide groups is 1. The average molecular weight is 351 g/mol. The van der Waals surface area contributed by atoms with Gasteiger partial charge in [0.2, 0.25) is 0 Å². The predicted molar refractivity (Wildman–Crippen MR) is 92.4 cm³/mol. The molecular weight excluding hydrogens is 320 g/mol. The third-order valence-corrected chi connectivity index (χ3v) is 6.02. The molecule has 7 heteroatoms. The minimum Gasteiger partial charge on any atom is -0.327 e. The summed E-state index contributed by atoms with van der Waals surface area (Å²) in [5.41, 5.74) is 1.74. The van der Waals surface area contributed by atoms with E-state index in [1.165, 1.54) is 11.3 Å². The van der Waals surface area contributed by atoms with E-state index in [2.05, 4.69) is 31.5 Å². The van der Waals surface area contributed by atoms with E-state index < -0.39 is 11.6 Å². The molecule has 2 heterocycles. The number of amides is 4. The number of hydrogen-bond acceptors (Lipinski definition) is 3. The van der Waals surface area contributed by atoms with Crippen molar-refractivity contribution in [2.24, 2.45) is 17.8 Å². The van der Waals surface area contributed by atoms with E-state index in [-0.39, 0.29) is 11.8 Å². The molecule has 2 aliphatic heterocycles. The van der Waals surface area contributed by atoms with Crippen LogP contribution >= 0.6 is 0 Å². The lowest BCUT2D eigenvalue weighted by Crippen LogP contribution is -3.15. The van der Waals surface area contributed by atoms with Crippen molar-refractivity contribution in [2.75, 3.05) is 19.6 Å². The normalized spacial score (nSPS) is 38.8. The number of rotatable bonds is 3. The van der Waals surface area contributed by atoms with Crippen molar-refractivity contribution in [1.82, 2.24) is 15.8 Å². The van der Waals surface area contributed by atoms with Crippen LogP contribution in [0.25, 0.3) is 0 Å². The molecule has 7 nitrogen and oxygen atoms in total. The maximum absolute atomic E-state index is 12.8. The fourth-order valence-corrected chi connectivity index (χ4v) is 4.77. The molecule has 25 heavy (non-hydrogen) atoms.